The lowest BCUT2D eigenvalue weighted by Crippen LogP contribution is -1.96. The molecule has 0 fully saturated rings. The van der Waals surface area contributed by atoms with Crippen molar-refractivity contribution in [3.63, 3.8) is 0 Å². The zero-order chi connectivity index (χ0) is 15.9. The number of anilines is 1. The average molecular weight is 328 g/mol. The lowest BCUT2D eigenvalue weighted by Gasteiger charge is -1.95. The number of nitrogens with zero attached hydrogens (tertiary/aromatic N) is 1. The minimum absolute atomic E-state index is 0.0886. The van der Waals surface area contributed by atoms with Gasteiger partial charge in [-0.25, -0.2) is 0 Å². The van der Waals surface area contributed by atoms with Crippen LogP contribution < -0.4 is 5.73 Å². The predicted molar refractivity (Wildman–Crippen MR) is 78.1 cm³/mol. The van der Waals surface area contributed by atoms with Gasteiger partial charge in [0.1, 0.15) is 0 Å². The zero-order valence-electron chi connectivity index (χ0n) is 10.6. The molecule has 0 bridgehead atoms. The van der Waals surface area contributed by atoms with Crippen LogP contribution in [0.5, 0.6) is 0 Å². The van der Waals surface area contributed by atoms with E-state index in [0.29, 0.717) is 0 Å². The molecule has 2 rings (SSSR count). The summed E-state index contributed by atoms with van der Waals surface area (Å²) in [6, 6.07) is 13.9. The standard InChI is InChI=1S/C6H5NO5S2.C6H7N/c8-13(9)7-5-1-3-6(4-2-5)14(10,11)12;7-6-4-2-1-3-5-6/h1-4H,(H,10,11,12);1-5H,7H2. The minimum atomic E-state index is -4.24. The molecule has 21 heavy (non-hydrogen) atoms. The van der Waals surface area contributed by atoms with Crippen LogP contribution in [-0.4, -0.2) is 21.4 Å². The van der Waals surface area contributed by atoms with Crippen molar-refractivity contribution < 1.29 is 21.4 Å². The Morgan fingerprint density at radius 1 is 0.952 bits per heavy atom. The van der Waals surface area contributed by atoms with Crippen LogP contribution in [0.4, 0.5) is 11.4 Å². The molecule has 112 valence electrons. The molecule has 9 heteroatoms. The summed E-state index contributed by atoms with van der Waals surface area (Å²) in [5.74, 6) is 0. The van der Waals surface area contributed by atoms with Gasteiger partial charge in [-0.3, -0.25) is 4.55 Å². The van der Waals surface area contributed by atoms with Crippen molar-refractivity contribution in [2.45, 2.75) is 4.90 Å². The second-order valence-electron chi connectivity index (χ2n) is 3.69. The summed E-state index contributed by atoms with van der Waals surface area (Å²) in [4.78, 5) is -0.312. The van der Waals surface area contributed by atoms with Gasteiger partial charge in [-0.1, -0.05) is 18.2 Å². The highest BCUT2D eigenvalue weighted by molar-refractivity contribution is 7.85. The van der Waals surface area contributed by atoms with E-state index in [9.17, 15) is 16.8 Å². The summed E-state index contributed by atoms with van der Waals surface area (Å²) < 4.78 is 53.1. The smallest absolute Gasteiger partial charge is 0.316 e. The van der Waals surface area contributed by atoms with Crippen LogP contribution in [0, 0.1) is 0 Å². The van der Waals surface area contributed by atoms with Crippen molar-refractivity contribution in [2.75, 3.05) is 5.73 Å². The van der Waals surface area contributed by atoms with Crippen LogP contribution in [0.25, 0.3) is 0 Å². The van der Waals surface area contributed by atoms with E-state index in [1.807, 2.05) is 30.3 Å². The lowest BCUT2D eigenvalue weighted by atomic mass is 10.3. The number of hydrogen-bond donors (Lipinski definition) is 2. The number of nitrogens with two attached hydrogens (primary N) is 1. The highest BCUT2D eigenvalue weighted by Gasteiger charge is 2.07. The fourth-order valence-electron chi connectivity index (χ4n) is 1.22. The van der Waals surface area contributed by atoms with Crippen molar-refractivity contribution in [3.05, 3.63) is 54.6 Å². The van der Waals surface area contributed by atoms with Gasteiger partial charge in [0.25, 0.3) is 10.1 Å². The Labute approximate surface area is 123 Å². The van der Waals surface area contributed by atoms with Gasteiger partial charge in [0.15, 0.2) is 0 Å². The van der Waals surface area contributed by atoms with Gasteiger partial charge in [-0.2, -0.15) is 16.8 Å². The van der Waals surface area contributed by atoms with Crippen LogP contribution in [0.3, 0.4) is 0 Å². The molecule has 0 aromatic heterocycles. The Bertz CT molecular complexity index is 806. The predicted octanol–water partition coefficient (Wildman–Crippen LogP) is 1.90. The average Bonchev–Trinajstić information content (AvgIpc) is 2.39. The molecule has 0 heterocycles. The van der Waals surface area contributed by atoms with Gasteiger partial charge in [0.05, 0.1) is 10.6 Å². The molecule has 0 saturated heterocycles. The molecular formula is C12H12N2O5S2. The summed E-state index contributed by atoms with van der Waals surface area (Å²) in [6.07, 6.45) is 0. The molecule has 2 aromatic carbocycles. The summed E-state index contributed by atoms with van der Waals surface area (Å²) in [6.45, 7) is 0. The topological polar surface area (TPSA) is 127 Å². The van der Waals surface area contributed by atoms with Gasteiger partial charge in [0, 0.05) is 5.69 Å². The zero-order valence-corrected chi connectivity index (χ0v) is 12.3. The van der Waals surface area contributed by atoms with Gasteiger partial charge in [-0.15, -0.1) is 4.36 Å². The van der Waals surface area contributed by atoms with Gasteiger partial charge < -0.3 is 5.73 Å². The van der Waals surface area contributed by atoms with Crippen LogP contribution >= 0.6 is 0 Å². The fraction of sp³-hybridized carbons (Fsp3) is 0. The summed E-state index contributed by atoms with van der Waals surface area (Å²) >= 11 is 0. The maximum absolute atomic E-state index is 10.6. The molecule has 0 saturated carbocycles. The van der Waals surface area contributed by atoms with Crippen LogP contribution in [-0.2, 0) is 20.6 Å². The molecule has 0 aliphatic rings. The molecule has 0 atom stereocenters. The van der Waals surface area contributed by atoms with E-state index in [4.69, 9.17) is 10.3 Å². The van der Waals surface area contributed by atoms with E-state index < -0.39 is 20.6 Å². The number of nitrogen functional groups attached to an aromatic ring is 1. The summed E-state index contributed by atoms with van der Waals surface area (Å²) in [7, 11) is -6.82. The van der Waals surface area contributed by atoms with Crippen molar-refractivity contribution >= 4 is 32.0 Å². The first kappa shape index (κ1) is 16.8. The SMILES string of the molecule is Nc1ccccc1.O=S(=O)=Nc1ccc(S(=O)(=O)O)cc1. The van der Waals surface area contributed by atoms with E-state index in [1.165, 1.54) is 12.1 Å². The van der Waals surface area contributed by atoms with Gasteiger partial charge in [-0.05, 0) is 36.4 Å². The first-order valence-corrected chi connectivity index (χ1v) is 7.95. The van der Waals surface area contributed by atoms with Crippen molar-refractivity contribution in [2.24, 2.45) is 4.36 Å². The maximum Gasteiger partial charge on any atom is 0.316 e. The minimum Gasteiger partial charge on any atom is -0.399 e. The van der Waals surface area contributed by atoms with Crippen LogP contribution in [0.2, 0.25) is 0 Å². The molecule has 0 radical (unpaired) electrons. The third-order valence-corrected chi connectivity index (χ3v) is 3.34. The monoisotopic (exact) mass is 328 g/mol. The quantitative estimate of drug-likeness (QED) is 0.640. The van der Waals surface area contributed by atoms with E-state index in [1.54, 1.807) is 0 Å². The largest absolute Gasteiger partial charge is 0.399 e. The first-order chi connectivity index (χ1) is 9.79. The Balaban J connectivity index is 0.000000262. The highest BCUT2D eigenvalue weighted by atomic mass is 32.2. The fourth-order valence-corrected chi connectivity index (χ4v) is 1.99. The lowest BCUT2D eigenvalue weighted by molar-refractivity contribution is 0.483. The molecule has 2 aromatic rings. The first-order valence-electron chi connectivity index (χ1n) is 5.48. The Kier molecular flexibility index (Phi) is 6.03. The molecule has 3 N–H and O–H groups in total. The highest BCUT2D eigenvalue weighted by Crippen LogP contribution is 2.15. The van der Waals surface area contributed by atoms with Crippen LogP contribution in [0.15, 0.2) is 63.9 Å². The van der Waals surface area contributed by atoms with E-state index >= 15 is 0 Å². The van der Waals surface area contributed by atoms with E-state index in [2.05, 4.69) is 4.36 Å². The number of hydrogen-bond acceptors (Lipinski definition) is 6. The molecule has 0 unspecified atom stereocenters. The van der Waals surface area contributed by atoms with Crippen molar-refractivity contribution in [3.8, 4) is 0 Å². The third-order valence-electron chi connectivity index (χ3n) is 2.11. The summed E-state index contributed by atoms with van der Waals surface area (Å²) in [5.41, 5.74) is 6.27. The molecular weight excluding hydrogens is 316 g/mol. The van der Waals surface area contributed by atoms with Gasteiger partial charge >= 0.3 is 10.5 Å². The molecule has 0 aliphatic heterocycles. The second kappa shape index (κ2) is 7.53. The van der Waals surface area contributed by atoms with Crippen molar-refractivity contribution in [1.29, 1.82) is 0 Å². The molecule has 0 aliphatic carbocycles. The van der Waals surface area contributed by atoms with E-state index in [0.717, 1.165) is 17.8 Å². The second-order valence-corrected chi connectivity index (χ2v) is 5.73. The van der Waals surface area contributed by atoms with E-state index in [-0.39, 0.29) is 10.6 Å². The van der Waals surface area contributed by atoms with Crippen molar-refractivity contribution in [1.82, 2.24) is 0 Å². The van der Waals surface area contributed by atoms with Crippen LogP contribution in [0.1, 0.15) is 0 Å². The number of rotatable bonds is 2. The third kappa shape index (κ3) is 6.65. The molecule has 0 spiro atoms. The van der Waals surface area contributed by atoms with Gasteiger partial charge in [0.2, 0.25) is 0 Å². The molecule has 7 nitrogen and oxygen atoms in total. The molecule has 0 amide bonds. The number of para-hydroxylation sites is 1. The summed E-state index contributed by atoms with van der Waals surface area (Å²) in [5, 5.41) is 0. The maximum atomic E-state index is 10.6. The Morgan fingerprint density at radius 2 is 1.48 bits per heavy atom. The normalized spacial score (nSPS) is 10.1. The Morgan fingerprint density at radius 3 is 1.81 bits per heavy atom. The number of benzene rings is 2. The Hall–Kier alpha value is -2.23.